The number of rotatable bonds is 6. The molecule has 2 N–H and O–H groups in total. The molecule has 1 aliphatic heterocycles. The van der Waals surface area contributed by atoms with Crippen molar-refractivity contribution in [3.05, 3.63) is 29.8 Å². The maximum absolute atomic E-state index is 12.9. The van der Waals surface area contributed by atoms with E-state index >= 15 is 0 Å². The Labute approximate surface area is 166 Å². The van der Waals surface area contributed by atoms with Gasteiger partial charge in [-0.1, -0.05) is 19.1 Å². The van der Waals surface area contributed by atoms with Gasteiger partial charge in [-0.05, 0) is 50.2 Å². The molecule has 4 aliphatic rings. The molecule has 3 saturated carbocycles. The first-order chi connectivity index (χ1) is 13.5. The lowest BCUT2D eigenvalue weighted by atomic mass is 9.52. The van der Waals surface area contributed by atoms with E-state index in [0.717, 1.165) is 25.7 Å². The number of ether oxygens (including phenoxy) is 2. The second-order valence-electron chi connectivity index (χ2n) is 8.64. The van der Waals surface area contributed by atoms with E-state index in [4.69, 9.17) is 9.47 Å². The average Bonchev–Trinajstić information content (AvgIpc) is 2.67. The van der Waals surface area contributed by atoms with Crippen molar-refractivity contribution in [3.63, 3.8) is 0 Å². The van der Waals surface area contributed by atoms with Gasteiger partial charge in [-0.2, -0.15) is 0 Å². The molecule has 1 spiro atoms. The number of carbonyl (C=O) groups excluding carboxylic acids is 2. The number of para-hydroxylation sites is 1. The normalized spacial score (nSPS) is 33.1. The summed E-state index contributed by atoms with van der Waals surface area (Å²) >= 11 is 0. The van der Waals surface area contributed by atoms with Crippen molar-refractivity contribution in [1.82, 2.24) is 10.6 Å². The summed E-state index contributed by atoms with van der Waals surface area (Å²) in [6.07, 6.45) is 4.19. The lowest BCUT2D eigenvalue weighted by Crippen LogP contribution is -2.69. The van der Waals surface area contributed by atoms with E-state index in [1.54, 1.807) is 6.07 Å². The highest BCUT2D eigenvalue weighted by molar-refractivity contribution is 5.98. The summed E-state index contributed by atoms with van der Waals surface area (Å²) in [7, 11) is 0. The molecule has 3 fully saturated rings. The van der Waals surface area contributed by atoms with Gasteiger partial charge in [-0.25, -0.2) is 0 Å². The molecule has 2 amide bonds. The van der Waals surface area contributed by atoms with Crippen molar-refractivity contribution < 1.29 is 19.1 Å². The standard InChI is InChI=1S/C22H30N2O4/c1-3-27-12-6-11-23-20(26)17-13-15-9-10-21(17,2)14-22(15)24-19(25)16-7-4-5-8-18(16)28-22/h4-5,7-8,15,17H,3,6,9-14H2,1-2H3,(H,23,26)(H,24,25)/t15-,17+,21+,22+/m1/s1. The molecule has 0 radical (unpaired) electrons. The van der Waals surface area contributed by atoms with Gasteiger partial charge >= 0.3 is 0 Å². The second-order valence-corrected chi connectivity index (χ2v) is 8.64. The fraction of sp³-hybridized carbons (Fsp3) is 0.636. The Hall–Kier alpha value is -2.08. The highest BCUT2D eigenvalue weighted by atomic mass is 16.5. The lowest BCUT2D eigenvalue weighted by molar-refractivity contribution is -0.167. The summed E-state index contributed by atoms with van der Waals surface area (Å²) in [6.45, 7) is 6.15. The number of benzene rings is 1. The highest BCUT2D eigenvalue weighted by Gasteiger charge is 2.61. The fourth-order valence-corrected chi connectivity index (χ4v) is 5.31. The summed E-state index contributed by atoms with van der Waals surface area (Å²) in [5.41, 5.74) is -0.286. The minimum Gasteiger partial charge on any atom is -0.467 e. The minimum absolute atomic E-state index is 0.0401. The van der Waals surface area contributed by atoms with E-state index in [0.29, 0.717) is 37.5 Å². The zero-order chi connectivity index (χ0) is 19.8. The van der Waals surface area contributed by atoms with Gasteiger partial charge in [0.15, 0.2) is 5.72 Å². The zero-order valence-corrected chi connectivity index (χ0v) is 16.8. The monoisotopic (exact) mass is 386 g/mol. The molecule has 1 aromatic carbocycles. The Kier molecular flexibility index (Phi) is 5.08. The molecule has 28 heavy (non-hydrogen) atoms. The van der Waals surface area contributed by atoms with Gasteiger partial charge in [0, 0.05) is 38.0 Å². The smallest absolute Gasteiger partial charge is 0.258 e. The molecular weight excluding hydrogens is 356 g/mol. The Balaban J connectivity index is 1.46. The molecule has 6 nitrogen and oxygen atoms in total. The van der Waals surface area contributed by atoms with Crippen LogP contribution in [0.25, 0.3) is 0 Å². The summed E-state index contributed by atoms with van der Waals surface area (Å²) < 4.78 is 11.7. The maximum atomic E-state index is 12.9. The average molecular weight is 386 g/mol. The van der Waals surface area contributed by atoms with Gasteiger partial charge < -0.3 is 20.1 Å². The molecule has 5 rings (SSSR count). The third-order valence-corrected chi connectivity index (χ3v) is 6.79. The van der Waals surface area contributed by atoms with Crippen LogP contribution in [-0.2, 0) is 9.53 Å². The van der Waals surface area contributed by atoms with Crippen LogP contribution in [0, 0.1) is 17.3 Å². The van der Waals surface area contributed by atoms with Crippen LogP contribution < -0.4 is 15.4 Å². The van der Waals surface area contributed by atoms with Gasteiger partial charge in [-0.15, -0.1) is 0 Å². The van der Waals surface area contributed by atoms with Crippen LogP contribution in [0.5, 0.6) is 5.75 Å². The van der Waals surface area contributed by atoms with Crippen LogP contribution in [0.15, 0.2) is 24.3 Å². The Morgan fingerprint density at radius 1 is 1.39 bits per heavy atom. The third kappa shape index (κ3) is 3.28. The summed E-state index contributed by atoms with van der Waals surface area (Å²) in [5, 5.41) is 6.25. The van der Waals surface area contributed by atoms with E-state index < -0.39 is 5.72 Å². The summed E-state index contributed by atoms with van der Waals surface area (Å²) in [6, 6.07) is 7.40. The molecule has 1 heterocycles. The number of hydrogen-bond acceptors (Lipinski definition) is 4. The number of carbonyl (C=O) groups is 2. The van der Waals surface area contributed by atoms with E-state index in [9.17, 15) is 9.59 Å². The van der Waals surface area contributed by atoms with Gasteiger partial charge in [0.1, 0.15) is 5.75 Å². The Morgan fingerprint density at radius 3 is 3.00 bits per heavy atom. The van der Waals surface area contributed by atoms with E-state index in [2.05, 4.69) is 17.6 Å². The predicted molar refractivity (Wildman–Crippen MR) is 105 cm³/mol. The van der Waals surface area contributed by atoms with Crippen LogP contribution in [0.4, 0.5) is 0 Å². The van der Waals surface area contributed by atoms with Gasteiger partial charge in [0.05, 0.1) is 5.56 Å². The lowest BCUT2D eigenvalue weighted by Gasteiger charge is -2.59. The predicted octanol–water partition coefficient (Wildman–Crippen LogP) is 2.87. The van der Waals surface area contributed by atoms with Crippen LogP contribution in [0.2, 0.25) is 0 Å². The van der Waals surface area contributed by atoms with Crippen molar-refractivity contribution in [2.24, 2.45) is 17.3 Å². The number of fused-ring (bicyclic) bond motifs is 3. The number of nitrogens with one attached hydrogen (secondary N) is 2. The number of hydrogen-bond donors (Lipinski definition) is 2. The van der Waals surface area contributed by atoms with Crippen molar-refractivity contribution in [2.75, 3.05) is 19.8 Å². The van der Waals surface area contributed by atoms with Crippen molar-refractivity contribution in [3.8, 4) is 5.75 Å². The maximum Gasteiger partial charge on any atom is 0.258 e. The third-order valence-electron chi connectivity index (χ3n) is 6.79. The molecule has 6 heteroatoms. The number of amides is 2. The zero-order valence-electron chi connectivity index (χ0n) is 16.8. The molecule has 0 aromatic heterocycles. The first-order valence-corrected chi connectivity index (χ1v) is 10.4. The van der Waals surface area contributed by atoms with Crippen molar-refractivity contribution >= 4 is 11.8 Å². The first-order valence-electron chi connectivity index (χ1n) is 10.4. The Bertz CT molecular complexity index is 767. The minimum atomic E-state index is -0.690. The van der Waals surface area contributed by atoms with Crippen LogP contribution in [-0.4, -0.2) is 37.3 Å². The Morgan fingerprint density at radius 2 is 2.21 bits per heavy atom. The van der Waals surface area contributed by atoms with Crippen molar-refractivity contribution in [1.29, 1.82) is 0 Å². The molecule has 4 atom stereocenters. The molecule has 0 unspecified atom stereocenters. The largest absolute Gasteiger partial charge is 0.467 e. The second kappa shape index (κ2) is 7.39. The quantitative estimate of drug-likeness (QED) is 0.737. The molecule has 152 valence electrons. The molecule has 2 bridgehead atoms. The molecular formula is C22H30N2O4. The van der Waals surface area contributed by atoms with Gasteiger partial charge in [0.2, 0.25) is 5.91 Å². The first kappa shape index (κ1) is 19.2. The summed E-state index contributed by atoms with van der Waals surface area (Å²) in [5.74, 6) is 0.808. The fourth-order valence-electron chi connectivity index (χ4n) is 5.31. The molecule has 1 aromatic rings. The van der Waals surface area contributed by atoms with E-state index in [1.165, 1.54) is 0 Å². The highest BCUT2D eigenvalue weighted by Crippen LogP contribution is 2.58. The van der Waals surface area contributed by atoms with Crippen LogP contribution in [0.1, 0.15) is 56.3 Å². The van der Waals surface area contributed by atoms with Crippen LogP contribution in [0.3, 0.4) is 0 Å². The SMILES string of the molecule is CCOCCCNC(=O)[C@@H]1C[C@H]2CC[C@@]1(C)C[C@@]21NC(=O)c2ccccc2O1. The topological polar surface area (TPSA) is 76.7 Å². The molecule has 0 saturated heterocycles. The van der Waals surface area contributed by atoms with Gasteiger partial charge in [0.25, 0.3) is 5.91 Å². The van der Waals surface area contributed by atoms with E-state index in [1.807, 2.05) is 25.1 Å². The molecule has 3 aliphatic carbocycles. The van der Waals surface area contributed by atoms with Crippen LogP contribution >= 0.6 is 0 Å². The van der Waals surface area contributed by atoms with E-state index in [-0.39, 0.29) is 29.1 Å². The summed E-state index contributed by atoms with van der Waals surface area (Å²) in [4.78, 5) is 25.6. The van der Waals surface area contributed by atoms with Crippen molar-refractivity contribution in [2.45, 2.75) is 51.7 Å². The van der Waals surface area contributed by atoms with Gasteiger partial charge in [-0.3, -0.25) is 9.59 Å².